The number of hydrogen-bond acceptors (Lipinski definition) is 1. The van der Waals surface area contributed by atoms with E-state index in [1.165, 1.54) is 63.1 Å². The number of alkyl halides is 1. The molecule has 1 aliphatic carbocycles. The second-order valence-corrected chi connectivity index (χ2v) is 5.93. The molecule has 1 saturated carbocycles. The first kappa shape index (κ1) is 11.9. The second kappa shape index (κ2) is 5.67. The summed E-state index contributed by atoms with van der Waals surface area (Å²) in [5.41, 5.74) is 0.615. The number of halogens is 1. The maximum absolute atomic E-state index is 5.72. The minimum Gasteiger partial charge on any atom is -0.378 e. The van der Waals surface area contributed by atoms with Gasteiger partial charge < -0.3 is 4.74 Å². The molecule has 1 saturated heterocycles. The van der Waals surface area contributed by atoms with Gasteiger partial charge in [-0.05, 0) is 43.9 Å². The third-order valence-electron chi connectivity index (χ3n) is 4.22. The highest BCUT2D eigenvalue weighted by Crippen LogP contribution is 2.42. The molecule has 0 N–H and O–H groups in total. The molecule has 0 spiro atoms. The molecular formula is C13H23BrO. The summed E-state index contributed by atoms with van der Waals surface area (Å²) in [5.74, 6) is 0. The molecule has 0 aromatic heterocycles. The van der Waals surface area contributed by atoms with Gasteiger partial charge in [-0.15, -0.1) is 0 Å². The van der Waals surface area contributed by atoms with Gasteiger partial charge in [0, 0.05) is 11.9 Å². The molecule has 1 atom stereocenters. The van der Waals surface area contributed by atoms with Crippen LogP contribution in [0.3, 0.4) is 0 Å². The molecule has 2 aliphatic rings. The third-order valence-corrected chi connectivity index (χ3v) is 5.41. The van der Waals surface area contributed by atoms with Gasteiger partial charge in [-0.1, -0.05) is 35.2 Å². The summed E-state index contributed by atoms with van der Waals surface area (Å²) in [6.45, 7) is 1.01. The van der Waals surface area contributed by atoms with Crippen LogP contribution in [0.25, 0.3) is 0 Å². The Labute approximate surface area is 102 Å². The second-order valence-electron chi connectivity index (χ2n) is 5.37. The van der Waals surface area contributed by atoms with Gasteiger partial charge in [-0.3, -0.25) is 0 Å². The van der Waals surface area contributed by atoms with E-state index in [4.69, 9.17) is 4.74 Å². The quantitative estimate of drug-likeness (QED) is 0.695. The van der Waals surface area contributed by atoms with E-state index >= 15 is 0 Å². The van der Waals surface area contributed by atoms with E-state index in [0.29, 0.717) is 11.5 Å². The van der Waals surface area contributed by atoms with E-state index in [0.717, 1.165) is 6.61 Å². The van der Waals surface area contributed by atoms with E-state index in [9.17, 15) is 0 Å². The molecule has 0 amide bonds. The highest BCUT2D eigenvalue weighted by molar-refractivity contribution is 9.09. The summed E-state index contributed by atoms with van der Waals surface area (Å²) in [6, 6.07) is 0. The molecular weight excluding hydrogens is 252 g/mol. The molecule has 0 aromatic rings. The molecule has 0 radical (unpaired) electrons. The van der Waals surface area contributed by atoms with Gasteiger partial charge in [0.1, 0.15) is 0 Å². The molecule has 0 bridgehead atoms. The van der Waals surface area contributed by atoms with E-state index in [-0.39, 0.29) is 0 Å². The largest absolute Gasteiger partial charge is 0.378 e. The summed E-state index contributed by atoms with van der Waals surface area (Å²) in [7, 11) is 0. The van der Waals surface area contributed by atoms with Crippen molar-refractivity contribution in [1.82, 2.24) is 0 Å². The van der Waals surface area contributed by atoms with Crippen molar-refractivity contribution in [1.29, 1.82) is 0 Å². The lowest BCUT2D eigenvalue weighted by molar-refractivity contribution is 0.0831. The van der Waals surface area contributed by atoms with Gasteiger partial charge in [-0.25, -0.2) is 0 Å². The van der Waals surface area contributed by atoms with Crippen LogP contribution in [0.15, 0.2) is 0 Å². The maximum atomic E-state index is 5.72. The summed E-state index contributed by atoms with van der Waals surface area (Å²) < 4.78 is 5.72. The Hall–Kier alpha value is 0.440. The molecule has 0 aromatic carbocycles. The first-order valence-electron chi connectivity index (χ1n) is 6.52. The monoisotopic (exact) mass is 274 g/mol. The molecule has 88 valence electrons. The zero-order valence-corrected chi connectivity index (χ0v) is 11.2. The predicted octanol–water partition coefficient (Wildman–Crippen LogP) is 4.29. The number of hydrogen-bond donors (Lipinski definition) is 0. The first-order valence-corrected chi connectivity index (χ1v) is 7.64. The standard InChI is InChI=1S/C13H23BrO/c14-11-13(7-2-1-3-8-13)9-6-12-5-4-10-15-12/h12H,1-11H2. The molecule has 1 heterocycles. The maximum Gasteiger partial charge on any atom is 0.0576 e. The Bertz CT molecular complexity index is 181. The van der Waals surface area contributed by atoms with E-state index in [2.05, 4.69) is 15.9 Å². The number of ether oxygens (including phenoxy) is 1. The zero-order chi connectivity index (χ0) is 10.6. The van der Waals surface area contributed by atoms with Crippen molar-refractivity contribution in [2.75, 3.05) is 11.9 Å². The van der Waals surface area contributed by atoms with Crippen molar-refractivity contribution in [3.8, 4) is 0 Å². The SMILES string of the molecule is BrCC1(CCC2CCCO2)CCCCC1. The van der Waals surface area contributed by atoms with Crippen molar-refractivity contribution >= 4 is 15.9 Å². The Morgan fingerprint density at radius 3 is 2.53 bits per heavy atom. The minimum absolute atomic E-state index is 0.586. The number of rotatable bonds is 4. The predicted molar refractivity (Wildman–Crippen MR) is 67.5 cm³/mol. The summed E-state index contributed by atoms with van der Waals surface area (Å²) in [5, 5.41) is 1.20. The Kier molecular flexibility index (Phi) is 4.51. The van der Waals surface area contributed by atoms with E-state index < -0.39 is 0 Å². The summed E-state index contributed by atoms with van der Waals surface area (Å²) in [6.07, 6.45) is 13.1. The smallest absolute Gasteiger partial charge is 0.0576 e. The van der Waals surface area contributed by atoms with Gasteiger partial charge >= 0.3 is 0 Å². The lowest BCUT2D eigenvalue weighted by Crippen LogP contribution is -2.27. The van der Waals surface area contributed by atoms with Crippen LogP contribution in [-0.4, -0.2) is 18.0 Å². The first-order chi connectivity index (χ1) is 7.35. The molecule has 1 aliphatic heterocycles. The van der Waals surface area contributed by atoms with Crippen LogP contribution in [0.4, 0.5) is 0 Å². The topological polar surface area (TPSA) is 9.23 Å². The average molecular weight is 275 g/mol. The Morgan fingerprint density at radius 2 is 1.93 bits per heavy atom. The molecule has 1 nitrogen and oxygen atoms in total. The van der Waals surface area contributed by atoms with Gasteiger partial charge in [0.15, 0.2) is 0 Å². The van der Waals surface area contributed by atoms with Crippen LogP contribution >= 0.6 is 15.9 Å². The van der Waals surface area contributed by atoms with Crippen LogP contribution in [0, 0.1) is 5.41 Å². The molecule has 2 rings (SSSR count). The molecule has 2 fully saturated rings. The van der Waals surface area contributed by atoms with Crippen LogP contribution in [0.2, 0.25) is 0 Å². The van der Waals surface area contributed by atoms with Crippen molar-refractivity contribution in [3.05, 3.63) is 0 Å². The highest BCUT2D eigenvalue weighted by atomic mass is 79.9. The molecule has 1 unspecified atom stereocenters. The molecule has 15 heavy (non-hydrogen) atoms. The Morgan fingerprint density at radius 1 is 1.13 bits per heavy atom. The fourth-order valence-corrected chi connectivity index (χ4v) is 3.93. The van der Waals surface area contributed by atoms with Gasteiger partial charge in [0.05, 0.1) is 6.10 Å². The van der Waals surface area contributed by atoms with Crippen molar-refractivity contribution < 1.29 is 4.74 Å². The lowest BCUT2D eigenvalue weighted by atomic mass is 9.72. The summed E-state index contributed by atoms with van der Waals surface area (Å²) in [4.78, 5) is 0. The van der Waals surface area contributed by atoms with Gasteiger partial charge in [0.2, 0.25) is 0 Å². The lowest BCUT2D eigenvalue weighted by Gasteiger charge is -2.36. The zero-order valence-electron chi connectivity index (χ0n) is 9.64. The normalized spacial score (nSPS) is 30.6. The molecule has 2 heteroatoms. The van der Waals surface area contributed by atoms with Crippen molar-refractivity contribution in [2.45, 2.75) is 63.9 Å². The fraction of sp³-hybridized carbons (Fsp3) is 1.00. The highest BCUT2D eigenvalue weighted by Gasteiger charge is 2.31. The van der Waals surface area contributed by atoms with Crippen LogP contribution in [-0.2, 0) is 4.74 Å². The summed E-state index contributed by atoms with van der Waals surface area (Å²) >= 11 is 3.74. The third kappa shape index (κ3) is 3.20. The van der Waals surface area contributed by atoms with Crippen molar-refractivity contribution in [2.24, 2.45) is 5.41 Å². The van der Waals surface area contributed by atoms with Crippen molar-refractivity contribution in [3.63, 3.8) is 0 Å². The fourth-order valence-electron chi connectivity index (χ4n) is 3.09. The van der Waals surface area contributed by atoms with E-state index in [1.807, 2.05) is 0 Å². The van der Waals surface area contributed by atoms with Crippen LogP contribution in [0.5, 0.6) is 0 Å². The minimum atomic E-state index is 0.586. The van der Waals surface area contributed by atoms with Crippen LogP contribution in [0.1, 0.15) is 57.8 Å². The Balaban J connectivity index is 1.78. The van der Waals surface area contributed by atoms with Gasteiger partial charge in [0.25, 0.3) is 0 Å². The van der Waals surface area contributed by atoms with E-state index in [1.54, 1.807) is 0 Å². The van der Waals surface area contributed by atoms with Gasteiger partial charge in [-0.2, -0.15) is 0 Å². The average Bonchev–Trinajstić information content (AvgIpc) is 2.81. The van der Waals surface area contributed by atoms with Crippen LogP contribution < -0.4 is 0 Å².